The summed E-state index contributed by atoms with van der Waals surface area (Å²) in [5, 5.41) is 3.89. The number of amides is 2. The standard InChI is InChI=1S/C29H36N6O4/c1-7-35-24(15-19-13-21(38-6)16-30-25(19)35)26-32-22-14-18(10-11-23(22)33(26)5)27(36)34-12-8-9-20(17-34)31-28(37)39-29(2,3)4/h10-11,13-16,20H,7-9,12,17H2,1-6H3,(H,31,37)/t20-/m1/s1. The topological polar surface area (TPSA) is 104 Å². The van der Waals surface area contributed by atoms with Crippen LogP contribution in [-0.2, 0) is 18.3 Å². The van der Waals surface area contributed by atoms with E-state index in [-0.39, 0.29) is 11.9 Å². The van der Waals surface area contributed by atoms with Crippen molar-refractivity contribution < 1.29 is 19.1 Å². The number of likely N-dealkylation sites (tertiary alicyclic amines) is 1. The number of fused-ring (bicyclic) bond motifs is 2. The van der Waals surface area contributed by atoms with Crippen molar-refractivity contribution >= 4 is 34.1 Å². The zero-order chi connectivity index (χ0) is 27.9. The normalized spacial score (nSPS) is 16.1. The summed E-state index contributed by atoms with van der Waals surface area (Å²) in [6.07, 6.45) is 2.88. The highest BCUT2D eigenvalue weighted by Gasteiger charge is 2.28. The Bertz CT molecular complexity index is 1550. The van der Waals surface area contributed by atoms with Crippen LogP contribution in [0.4, 0.5) is 4.79 Å². The van der Waals surface area contributed by atoms with Gasteiger partial charge in [-0.2, -0.15) is 0 Å². The van der Waals surface area contributed by atoms with Gasteiger partial charge in [0, 0.05) is 43.7 Å². The highest BCUT2D eigenvalue weighted by Crippen LogP contribution is 2.31. The lowest BCUT2D eigenvalue weighted by Gasteiger charge is -2.33. The van der Waals surface area contributed by atoms with Gasteiger partial charge in [-0.25, -0.2) is 14.8 Å². The van der Waals surface area contributed by atoms with E-state index >= 15 is 0 Å². The summed E-state index contributed by atoms with van der Waals surface area (Å²) < 4.78 is 14.9. The van der Waals surface area contributed by atoms with Gasteiger partial charge < -0.3 is 28.8 Å². The Labute approximate surface area is 227 Å². The minimum absolute atomic E-state index is 0.0706. The van der Waals surface area contributed by atoms with Crippen LogP contribution in [0.5, 0.6) is 5.75 Å². The summed E-state index contributed by atoms with van der Waals surface area (Å²) in [5.74, 6) is 1.43. The number of aryl methyl sites for hydroxylation is 2. The van der Waals surface area contributed by atoms with Crippen molar-refractivity contribution in [2.45, 2.75) is 58.7 Å². The lowest BCUT2D eigenvalue weighted by molar-refractivity contribution is 0.0452. The van der Waals surface area contributed by atoms with Gasteiger partial charge in [-0.1, -0.05) is 0 Å². The molecule has 39 heavy (non-hydrogen) atoms. The van der Waals surface area contributed by atoms with Crippen molar-refractivity contribution in [3.05, 3.63) is 42.1 Å². The van der Waals surface area contributed by atoms with E-state index in [4.69, 9.17) is 14.5 Å². The van der Waals surface area contributed by atoms with E-state index in [1.807, 2.05) is 56.7 Å². The summed E-state index contributed by atoms with van der Waals surface area (Å²) in [6, 6.07) is 9.55. The molecule has 1 N–H and O–H groups in total. The molecule has 0 aliphatic carbocycles. The predicted molar refractivity (Wildman–Crippen MR) is 150 cm³/mol. The number of benzene rings is 1. The SMILES string of the molecule is CCn1c(-c2nc3cc(C(=O)N4CCC[C@@H](NC(=O)OC(C)(C)C)C4)ccc3n2C)cc2cc(OC)cnc21. The molecule has 3 aromatic heterocycles. The average Bonchev–Trinajstić information content (AvgIpc) is 3.43. The number of carbonyl (C=O) groups excluding carboxylic acids is 2. The quantitative estimate of drug-likeness (QED) is 0.398. The van der Waals surface area contributed by atoms with Crippen LogP contribution in [-0.4, -0.2) is 67.8 Å². The highest BCUT2D eigenvalue weighted by molar-refractivity contribution is 5.98. The van der Waals surface area contributed by atoms with Gasteiger partial charge in [0.15, 0.2) is 5.82 Å². The molecule has 0 spiro atoms. The van der Waals surface area contributed by atoms with Gasteiger partial charge in [0.25, 0.3) is 5.91 Å². The molecular formula is C29H36N6O4. The summed E-state index contributed by atoms with van der Waals surface area (Å²) in [4.78, 5) is 37.1. The fourth-order valence-electron chi connectivity index (χ4n) is 5.24. The Morgan fingerprint density at radius 1 is 1.18 bits per heavy atom. The summed E-state index contributed by atoms with van der Waals surface area (Å²) in [7, 11) is 3.61. The number of carbonyl (C=O) groups is 2. The summed E-state index contributed by atoms with van der Waals surface area (Å²) in [5.41, 5.74) is 3.51. The molecule has 0 saturated carbocycles. The van der Waals surface area contributed by atoms with Crippen LogP contribution in [0.3, 0.4) is 0 Å². The molecule has 10 heteroatoms. The van der Waals surface area contributed by atoms with Gasteiger partial charge in [0.2, 0.25) is 0 Å². The Hall–Kier alpha value is -4.08. The molecule has 0 bridgehead atoms. The number of pyridine rings is 1. The van der Waals surface area contributed by atoms with Gasteiger partial charge in [-0.15, -0.1) is 0 Å². The molecule has 1 fully saturated rings. The largest absolute Gasteiger partial charge is 0.495 e. The second kappa shape index (κ2) is 10.2. The Kier molecular flexibility index (Phi) is 6.96. The van der Waals surface area contributed by atoms with Crippen molar-refractivity contribution in [2.24, 2.45) is 7.05 Å². The number of hydrogen-bond acceptors (Lipinski definition) is 6. The molecule has 2 amide bonds. The van der Waals surface area contributed by atoms with Crippen molar-refractivity contribution in [1.82, 2.24) is 29.3 Å². The third-order valence-corrected chi connectivity index (χ3v) is 7.05. The molecule has 1 saturated heterocycles. The van der Waals surface area contributed by atoms with Crippen LogP contribution in [0.15, 0.2) is 36.5 Å². The summed E-state index contributed by atoms with van der Waals surface area (Å²) >= 11 is 0. The molecule has 10 nitrogen and oxygen atoms in total. The maximum atomic E-state index is 13.5. The number of imidazole rings is 1. The first-order valence-electron chi connectivity index (χ1n) is 13.4. The van der Waals surface area contributed by atoms with E-state index < -0.39 is 11.7 Å². The van der Waals surface area contributed by atoms with Crippen LogP contribution >= 0.6 is 0 Å². The molecule has 4 heterocycles. The van der Waals surface area contributed by atoms with Crippen LogP contribution in [0.1, 0.15) is 50.9 Å². The number of hydrogen-bond donors (Lipinski definition) is 1. The number of nitrogens with one attached hydrogen (secondary N) is 1. The highest BCUT2D eigenvalue weighted by atomic mass is 16.6. The lowest BCUT2D eigenvalue weighted by Crippen LogP contribution is -2.50. The van der Waals surface area contributed by atoms with Gasteiger partial charge in [0.05, 0.1) is 30.0 Å². The van der Waals surface area contributed by atoms with Crippen LogP contribution in [0.2, 0.25) is 0 Å². The maximum absolute atomic E-state index is 13.5. The number of nitrogens with zero attached hydrogens (tertiary/aromatic N) is 5. The van der Waals surface area contributed by atoms with Crippen LogP contribution < -0.4 is 10.1 Å². The third-order valence-electron chi connectivity index (χ3n) is 7.05. The van der Waals surface area contributed by atoms with E-state index in [1.54, 1.807) is 18.2 Å². The van der Waals surface area contributed by atoms with Gasteiger partial charge >= 0.3 is 6.09 Å². The first-order valence-corrected chi connectivity index (χ1v) is 13.4. The Morgan fingerprint density at radius 2 is 1.97 bits per heavy atom. The van der Waals surface area contributed by atoms with Crippen molar-refractivity contribution in [3.8, 4) is 17.3 Å². The Balaban J connectivity index is 1.40. The van der Waals surface area contributed by atoms with Gasteiger partial charge in [-0.05, 0) is 70.9 Å². The molecule has 4 aromatic rings. The molecule has 5 rings (SSSR count). The van der Waals surface area contributed by atoms with E-state index in [0.717, 1.165) is 53.0 Å². The summed E-state index contributed by atoms with van der Waals surface area (Å²) in [6.45, 7) is 9.39. The zero-order valence-corrected chi connectivity index (χ0v) is 23.4. The Morgan fingerprint density at radius 3 is 2.69 bits per heavy atom. The average molecular weight is 533 g/mol. The molecule has 1 aliphatic rings. The van der Waals surface area contributed by atoms with Crippen molar-refractivity contribution in [3.63, 3.8) is 0 Å². The first-order chi connectivity index (χ1) is 18.6. The third kappa shape index (κ3) is 5.28. The maximum Gasteiger partial charge on any atom is 0.407 e. The van der Waals surface area contributed by atoms with Crippen LogP contribution in [0.25, 0.3) is 33.6 Å². The smallest absolute Gasteiger partial charge is 0.407 e. The van der Waals surface area contributed by atoms with E-state index in [1.165, 1.54) is 0 Å². The predicted octanol–water partition coefficient (Wildman–Crippen LogP) is 4.75. The fraction of sp³-hybridized carbons (Fsp3) is 0.448. The number of alkyl carbamates (subject to hydrolysis) is 1. The number of piperidine rings is 1. The molecule has 1 aliphatic heterocycles. The van der Waals surface area contributed by atoms with Crippen molar-refractivity contribution in [1.29, 1.82) is 0 Å². The fourth-order valence-corrected chi connectivity index (χ4v) is 5.24. The second-order valence-corrected chi connectivity index (χ2v) is 11.0. The van der Waals surface area contributed by atoms with E-state index in [9.17, 15) is 9.59 Å². The molecular weight excluding hydrogens is 496 g/mol. The molecule has 1 aromatic carbocycles. The zero-order valence-electron chi connectivity index (χ0n) is 23.4. The number of ether oxygens (including phenoxy) is 2. The van der Waals surface area contributed by atoms with Crippen LogP contribution in [0, 0.1) is 0 Å². The van der Waals surface area contributed by atoms with Crippen molar-refractivity contribution in [2.75, 3.05) is 20.2 Å². The van der Waals surface area contributed by atoms with E-state index in [0.29, 0.717) is 24.4 Å². The number of aromatic nitrogens is 4. The molecule has 0 radical (unpaired) electrons. The number of methoxy groups -OCH3 is 1. The minimum atomic E-state index is -0.569. The lowest BCUT2D eigenvalue weighted by atomic mass is 10.0. The van der Waals surface area contributed by atoms with Gasteiger partial charge in [0.1, 0.15) is 17.0 Å². The second-order valence-electron chi connectivity index (χ2n) is 11.0. The molecule has 1 atom stereocenters. The minimum Gasteiger partial charge on any atom is -0.495 e. The molecule has 0 unspecified atom stereocenters. The van der Waals surface area contributed by atoms with E-state index in [2.05, 4.69) is 27.9 Å². The monoisotopic (exact) mass is 532 g/mol. The number of rotatable bonds is 5. The van der Waals surface area contributed by atoms with Gasteiger partial charge in [-0.3, -0.25) is 4.79 Å². The molecule has 206 valence electrons. The first kappa shape index (κ1) is 26.5.